The van der Waals surface area contributed by atoms with Gasteiger partial charge in [-0.05, 0) is 50.7 Å². The van der Waals surface area contributed by atoms with Crippen LogP contribution in [-0.4, -0.2) is 34.4 Å². The van der Waals surface area contributed by atoms with Crippen LogP contribution in [0.3, 0.4) is 0 Å². The Morgan fingerprint density at radius 2 is 1.91 bits per heavy atom. The van der Waals surface area contributed by atoms with Crippen molar-refractivity contribution < 1.29 is 9.32 Å². The van der Waals surface area contributed by atoms with Crippen molar-refractivity contribution in [2.24, 2.45) is 0 Å². The summed E-state index contributed by atoms with van der Waals surface area (Å²) in [6.07, 6.45) is 6.39. The van der Waals surface area contributed by atoms with E-state index < -0.39 is 0 Å². The summed E-state index contributed by atoms with van der Waals surface area (Å²) in [7, 11) is 0. The quantitative estimate of drug-likeness (QED) is 0.935. The molecule has 0 radical (unpaired) electrons. The largest absolute Gasteiger partial charge is 0.355 e. The third kappa shape index (κ3) is 2.78. The Bertz CT molecular complexity index is 704. The number of hydrogen-bond donors (Lipinski definition) is 1. The molecule has 4 rings (SSSR count). The molecule has 7 nitrogen and oxygen atoms in total. The number of aromatic nitrogens is 3. The van der Waals surface area contributed by atoms with E-state index in [1.807, 2.05) is 6.07 Å². The Morgan fingerprint density at radius 3 is 2.70 bits per heavy atom. The minimum Gasteiger partial charge on any atom is -0.355 e. The van der Waals surface area contributed by atoms with Crippen molar-refractivity contribution in [3.8, 4) is 0 Å². The lowest BCUT2D eigenvalue weighted by Gasteiger charge is -2.15. The van der Waals surface area contributed by atoms with Crippen LogP contribution >= 0.6 is 0 Å². The van der Waals surface area contributed by atoms with Gasteiger partial charge in [-0.2, -0.15) is 0 Å². The lowest BCUT2D eigenvalue weighted by Crippen LogP contribution is -2.21. The van der Waals surface area contributed by atoms with E-state index >= 15 is 0 Å². The second kappa shape index (κ2) is 5.98. The smallest absolute Gasteiger partial charge is 0.278 e. The van der Waals surface area contributed by atoms with Gasteiger partial charge in [-0.1, -0.05) is 5.16 Å². The van der Waals surface area contributed by atoms with Gasteiger partial charge in [-0.25, -0.2) is 0 Å². The first kappa shape index (κ1) is 14.2. The molecule has 3 heterocycles. The fraction of sp³-hybridized carbons (Fsp3) is 0.500. The number of nitrogens with one attached hydrogen (secondary N) is 1. The van der Waals surface area contributed by atoms with Crippen LogP contribution in [0, 0.1) is 0 Å². The summed E-state index contributed by atoms with van der Waals surface area (Å²) >= 11 is 0. The minimum absolute atomic E-state index is 0.286. The molecule has 1 N–H and O–H groups in total. The number of rotatable bonds is 3. The highest BCUT2D eigenvalue weighted by Gasteiger charge is 2.22. The predicted octanol–water partition coefficient (Wildman–Crippen LogP) is 2.20. The molecule has 2 aliphatic rings. The van der Waals surface area contributed by atoms with Crippen molar-refractivity contribution in [3.05, 3.63) is 29.1 Å². The molecule has 2 aromatic heterocycles. The maximum atomic E-state index is 12.3. The van der Waals surface area contributed by atoms with Crippen LogP contribution in [0.2, 0.25) is 0 Å². The van der Waals surface area contributed by atoms with Crippen molar-refractivity contribution in [1.29, 1.82) is 0 Å². The van der Waals surface area contributed by atoms with Crippen molar-refractivity contribution in [2.45, 2.75) is 38.5 Å². The highest BCUT2D eigenvalue weighted by Crippen LogP contribution is 2.27. The standard InChI is InChI=1S/C16H19N5O2/c22-15(17-16-11-5-1-2-6-12(11)20-23-16)13-7-8-14(19-18-13)21-9-3-4-10-21/h7-8H,1-6,9-10H2,(H,17,22). The average Bonchev–Trinajstić information content (AvgIpc) is 3.25. The zero-order valence-corrected chi connectivity index (χ0v) is 12.9. The molecule has 1 aliphatic heterocycles. The number of carbonyl (C=O) groups excluding carboxylic acids is 1. The van der Waals surface area contributed by atoms with Crippen LogP contribution in [-0.2, 0) is 12.8 Å². The topological polar surface area (TPSA) is 84.2 Å². The van der Waals surface area contributed by atoms with Gasteiger partial charge in [0, 0.05) is 18.7 Å². The van der Waals surface area contributed by atoms with E-state index in [-0.39, 0.29) is 11.6 Å². The zero-order chi connectivity index (χ0) is 15.6. The van der Waals surface area contributed by atoms with E-state index in [0.29, 0.717) is 5.88 Å². The molecule has 0 saturated carbocycles. The van der Waals surface area contributed by atoms with Crippen LogP contribution in [0.1, 0.15) is 47.4 Å². The summed E-state index contributed by atoms with van der Waals surface area (Å²) in [4.78, 5) is 14.5. The van der Waals surface area contributed by atoms with E-state index in [1.54, 1.807) is 6.07 Å². The van der Waals surface area contributed by atoms with Gasteiger partial charge in [0.25, 0.3) is 5.91 Å². The molecule has 0 aromatic carbocycles. The summed E-state index contributed by atoms with van der Waals surface area (Å²) in [5.41, 5.74) is 2.27. The fourth-order valence-corrected chi connectivity index (χ4v) is 3.22. The maximum Gasteiger partial charge on any atom is 0.278 e. The molecule has 0 bridgehead atoms. The van der Waals surface area contributed by atoms with Gasteiger partial charge in [0.05, 0.1) is 5.69 Å². The number of fused-ring (bicyclic) bond motifs is 1. The molecule has 120 valence electrons. The molecule has 7 heteroatoms. The molecule has 23 heavy (non-hydrogen) atoms. The van der Waals surface area contributed by atoms with Crippen molar-refractivity contribution in [2.75, 3.05) is 23.3 Å². The normalized spacial score (nSPS) is 17.1. The average molecular weight is 313 g/mol. The predicted molar refractivity (Wildman–Crippen MR) is 84.6 cm³/mol. The molecule has 1 amide bonds. The number of amides is 1. The van der Waals surface area contributed by atoms with E-state index in [2.05, 4.69) is 25.6 Å². The first-order chi connectivity index (χ1) is 11.3. The van der Waals surface area contributed by atoms with E-state index in [1.165, 1.54) is 12.8 Å². The van der Waals surface area contributed by atoms with Crippen molar-refractivity contribution in [3.63, 3.8) is 0 Å². The van der Waals surface area contributed by atoms with Crippen LogP contribution in [0.4, 0.5) is 11.7 Å². The summed E-state index contributed by atoms with van der Waals surface area (Å²) in [5.74, 6) is 0.973. The number of anilines is 2. The summed E-state index contributed by atoms with van der Waals surface area (Å²) in [6, 6.07) is 3.56. The monoisotopic (exact) mass is 313 g/mol. The number of nitrogens with zero attached hydrogens (tertiary/aromatic N) is 4. The molecule has 1 aliphatic carbocycles. The SMILES string of the molecule is O=C(Nc1onc2c1CCCC2)c1ccc(N2CCCC2)nn1. The molecular weight excluding hydrogens is 294 g/mol. The van der Waals surface area contributed by atoms with Gasteiger partial charge in [-0.3, -0.25) is 10.1 Å². The Morgan fingerprint density at radius 1 is 1.09 bits per heavy atom. The molecule has 2 aromatic rings. The lowest BCUT2D eigenvalue weighted by atomic mass is 9.98. The molecule has 0 spiro atoms. The van der Waals surface area contributed by atoms with Crippen LogP contribution in [0.15, 0.2) is 16.7 Å². The summed E-state index contributed by atoms with van der Waals surface area (Å²) < 4.78 is 5.28. The van der Waals surface area contributed by atoms with Gasteiger partial charge in [0.2, 0.25) is 5.88 Å². The summed E-state index contributed by atoms with van der Waals surface area (Å²) in [6.45, 7) is 2.01. The van der Waals surface area contributed by atoms with Gasteiger partial charge < -0.3 is 9.42 Å². The first-order valence-electron chi connectivity index (χ1n) is 8.19. The molecule has 0 atom stereocenters. The number of hydrogen-bond acceptors (Lipinski definition) is 6. The third-order valence-electron chi connectivity index (χ3n) is 4.50. The minimum atomic E-state index is -0.310. The van der Waals surface area contributed by atoms with Gasteiger partial charge >= 0.3 is 0 Å². The van der Waals surface area contributed by atoms with E-state index in [9.17, 15) is 4.79 Å². The number of carbonyl (C=O) groups is 1. The van der Waals surface area contributed by atoms with Crippen LogP contribution < -0.4 is 10.2 Å². The molecule has 1 saturated heterocycles. The third-order valence-corrected chi connectivity index (χ3v) is 4.50. The van der Waals surface area contributed by atoms with Crippen molar-refractivity contribution in [1.82, 2.24) is 15.4 Å². The highest BCUT2D eigenvalue weighted by atomic mass is 16.5. The van der Waals surface area contributed by atoms with E-state index in [4.69, 9.17) is 4.52 Å². The maximum absolute atomic E-state index is 12.3. The van der Waals surface area contributed by atoms with Gasteiger partial charge in [0.15, 0.2) is 11.5 Å². The van der Waals surface area contributed by atoms with Crippen LogP contribution in [0.25, 0.3) is 0 Å². The fourth-order valence-electron chi connectivity index (χ4n) is 3.22. The number of aryl methyl sites for hydroxylation is 1. The lowest BCUT2D eigenvalue weighted by molar-refractivity contribution is 0.101. The van der Waals surface area contributed by atoms with E-state index in [0.717, 1.165) is 55.8 Å². The zero-order valence-electron chi connectivity index (χ0n) is 12.9. The molecule has 1 fully saturated rings. The van der Waals surface area contributed by atoms with Gasteiger partial charge in [0.1, 0.15) is 0 Å². The Hall–Kier alpha value is -2.44. The first-order valence-corrected chi connectivity index (χ1v) is 8.19. The van der Waals surface area contributed by atoms with Crippen molar-refractivity contribution >= 4 is 17.6 Å². The Kier molecular flexibility index (Phi) is 3.69. The van der Waals surface area contributed by atoms with Crippen LogP contribution in [0.5, 0.6) is 0 Å². The second-order valence-electron chi connectivity index (χ2n) is 6.07. The Labute approximate surface area is 134 Å². The Balaban J connectivity index is 1.47. The molecular formula is C16H19N5O2. The summed E-state index contributed by atoms with van der Waals surface area (Å²) in [5, 5.41) is 15.0. The second-order valence-corrected chi connectivity index (χ2v) is 6.07. The highest BCUT2D eigenvalue weighted by molar-refractivity contribution is 6.02. The van der Waals surface area contributed by atoms with Gasteiger partial charge in [-0.15, -0.1) is 10.2 Å². The molecule has 0 unspecified atom stereocenters.